The van der Waals surface area contributed by atoms with Gasteiger partial charge in [0.25, 0.3) is 0 Å². The molecule has 0 aromatic heterocycles. The van der Waals surface area contributed by atoms with Crippen LogP contribution in [-0.4, -0.2) is 11.1 Å². The Bertz CT molecular complexity index is 464. The standard InChI is InChI=1S/C16H22N2/c1-15(2)9-6-10-16(3,4)18(15)14-8-5-7-13(11-14)12-17/h5,7-8,11H,6,9-10H2,1-4H3. The molecule has 0 radical (unpaired) electrons. The Morgan fingerprint density at radius 1 is 1.11 bits per heavy atom. The Morgan fingerprint density at radius 2 is 1.72 bits per heavy atom. The molecule has 0 saturated carbocycles. The van der Waals surface area contributed by atoms with Gasteiger partial charge in [0, 0.05) is 16.8 Å². The summed E-state index contributed by atoms with van der Waals surface area (Å²) >= 11 is 0. The van der Waals surface area contributed by atoms with E-state index in [1.54, 1.807) is 0 Å². The van der Waals surface area contributed by atoms with Crippen LogP contribution >= 0.6 is 0 Å². The first-order valence-corrected chi connectivity index (χ1v) is 6.67. The second-order valence-electron chi connectivity index (χ2n) is 6.48. The molecule has 96 valence electrons. The summed E-state index contributed by atoms with van der Waals surface area (Å²) in [4.78, 5) is 2.49. The topological polar surface area (TPSA) is 27.0 Å². The van der Waals surface area contributed by atoms with Crippen LogP contribution in [0.25, 0.3) is 0 Å². The minimum absolute atomic E-state index is 0.149. The monoisotopic (exact) mass is 242 g/mol. The Labute approximate surface area is 110 Å². The van der Waals surface area contributed by atoms with Gasteiger partial charge in [0.1, 0.15) is 0 Å². The molecule has 2 nitrogen and oxygen atoms in total. The molecule has 0 spiro atoms. The molecule has 0 amide bonds. The molecule has 0 atom stereocenters. The molecular weight excluding hydrogens is 220 g/mol. The highest BCUT2D eigenvalue weighted by atomic mass is 15.3. The molecule has 1 aliphatic rings. The van der Waals surface area contributed by atoms with Crippen LogP contribution < -0.4 is 4.90 Å². The predicted octanol–water partition coefficient (Wildman–Crippen LogP) is 4.11. The van der Waals surface area contributed by atoms with E-state index < -0.39 is 0 Å². The summed E-state index contributed by atoms with van der Waals surface area (Å²) in [7, 11) is 0. The molecule has 0 aliphatic carbocycles. The van der Waals surface area contributed by atoms with Crippen LogP contribution in [0.2, 0.25) is 0 Å². The van der Waals surface area contributed by atoms with E-state index in [4.69, 9.17) is 5.26 Å². The summed E-state index contributed by atoms with van der Waals surface area (Å²) in [5.41, 5.74) is 2.21. The van der Waals surface area contributed by atoms with E-state index in [0.717, 1.165) is 5.56 Å². The average molecular weight is 242 g/mol. The number of hydrogen-bond acceptors (Lipinski definition) is 2. The van der Waals surface area contributed by atoms with Crippen molar-refractivity contribution >= 4 is 5.69 Å². The van der Waals surface area contributed by atoms with Crippen LogP contribution in [0, 0.1) is 11.3 Å². The first kappa shape index (κ1) is 13.0. The minimum atomic E-state index is 0.149. The van der Waals surface area contributed by atoms with E-state index in [1.165, 1.54) is 24.9 Å². The maximum Gasteiger partial charge on any atom is 0.0992 e. The van der Waals surface area contributed by atoms with Gasteiger partial charge >= 0.3 is 0 Å². The van der Waals surface area contributed by atoms with Crippen molar-refractivity contribution < 1.29 is 0 Å². The van der Waals surface area contributed by atoms with E-state index in [2.05, 4.69) is 44.7 Å². The predicted molar refractivity (Wildman–Crippen MR) is 75.6 cm³/mol. The summed E-state index contributed by atoms with van der Waals surface area (Å²) < 4.78 is 0. The lowest BCUT2D eigenvalue weighted by Crippen LogP contribution is -2.59. The fourth-order valence-electron chi connectivity index (χ4n) is 3.41. The molecule has 1 heterocycles. The molecule has 18 heavy (non-hydrogen) atoms. The fourth-order valence-corrected chi connectivity index (χ4v) is 3.41. The zero-order valence-electron chi connectivity index (χ0n) is 11.8. The van der Waals surface area contributed by atoms with Crippen molar-refractivity contribution in [3.8, 4) is 6.07 Å². The van der Waals surface area contributed by atoms with Crippen molar-refractivity contribution in [3.63, 3.8) is 0 Å². The maximum absolute atomic E-state index is 9.05. The Balaban J connectivity index is 2.47. The highest BCUT2D eigenvalue weighted by Gasteiger charge is 2.41. The van der Waals surface area contributed by atoms with Crippen LogP contribution in [0.15, 0.2) is 24.3 Å². The van der Waals surface area contributed by atoms with Crippen LogP contribution in [0.3, 0.4) is 0 Å². The number of nitrogens with zero attached hydrogens (tertiary/aromatic N) is 2. The fraction of sp³-hybridized carbons (Fsp3) is 0.562. The Kier molecular flexibility index (Phi) is 3.11. The number of benzene rings is 1. The minimum Gasteiger partial charge on any atom is -0.361 e. The molecule has 0 N–H and O–H groups in total. The van der Waals surface area contributed by atoms with Crippen LogP contribution in [-0.2, 0) is 0 Å². The number of hydrogen-bond donors (Lipinski definition) is 0. The van der Waals surface area contributed by atoms with E-state index in [1.807, 2.05) is 18.2 Å². The van der Waals surface area contributed by atoms with Gasteiger partial charge in [-0.15, -0.1) is 0 Å². The summed E-state index contributed by atoms with van der Waals surface area (Å²) in [6, 6.07) is 10.2. The molecule has 0 unspecified atom stereocenters. The largest absolute Gasteiger partial charge is 0.361 e. The normalized spacial score (nSPS) is 21.4. The number of nitriles is 1. The molecule has 1 fully saturated rings. The van der Waals surface area contributed by atoms with Crippen LogP contribution in [0.1, 0.15) is 52.5 Å². The lowest BCUT2D eigenvalue weighted by atomic mass is 9.79. The smallest absolute Gasteiger partial charge is 0.0992 e. The zero-order valence-corrected chi connectivity index (χ0v) is 11.8. The molecule has 2 rings (SSSR count). The van der Waals surface area contributed by atoms with Crippen molar-refractivity contribution in [2.45, 2.75) is 58.0 Å². The van der Waals surface area contributed by atoms with Gasteiger partial charge in [0.2, 0.25) is 0 Å². The van der Waals surface area contributed by atoms with Gasteiger partial charge in [0.15, 0.2) is 0 Å². The van der Waals surface area contributed by atoms with Gasteiger partial charge in [-0.1, -0.05) is 6.07 Å². The average Bonchev–Trinajstić information content (AvgIpc) is 2.26. The summed E-state index contributed by atoms with van der Waals surface area (Å²) in [6.07, 6.45) is 3.68. The van der Waals surface area contributed by atoms with Crippen LogP contribution in [0.4, 0.5) is 5.69 Å². The van der Waals surface area contributed by atoms with Gasteiger partial charge in [-0.25, -0.2) is 0 Å². The third-order valence-corrected chi connectivity index (χ3v) is 4.02. The van der Waals surface area contributed by atoms with E-state index >= 15 is 0 Å². The molecular formula is C16H22N2. The van der Waals surface area contributed by atoms with Crippen molar-refractivity contribution in [3.05, 3.63) is 29.8 Å². The van der Waals surface area contributed by atoms with Gasteiger partial charge in [-0.3, -0.25) is 0 Å². The summed E-state index contributed by atoms with van der Waals surface area (Å²) in [6.45, 7) is 9.19. The van der Waals surface area contributed by atoms with Crippen LogP contribution in [0.5, 0.6) is 0 Å². The first-order valence-electron chi connectivity index (χ1n) is 6.67. The van der Waals surface area contributed by atoms with Crippen molar-refractivity contribution in [1.82, 2.24) is 0 Å². The quantitative estimate of drug-likeness (QED) is 0.741. The highest BCUT2D eigenvalue weighted by Crippen LogP contribution is 2.41. The van der Waals surface area contributed by atoms with E-state index in [-0.39, 0.29) is 11.1 Å². The van der Waals surface area contributed by atoms with Gasteiger partial charge < -0.3 is 4.90 Å². The molecule has 1 aliphatic heterocycles. The van der Waals surface area contributed by atoms with E-state index in [9.17, 15) is 0 Å². The second kappa shape index (κ2) is 4.31. The van der Waals surface area contributed by atoms with Gasteiger partial charge in [0.05, 0.1) is 11.6 Å². The van der Waals surface area contributed by atoms with Gasteiger partial charge in [-0.05, 0) is 65.2 Å². The first-order chi connectivity index (χ1) is 8.37. The maximum atomic E-state index is 9.05. The lowest BCUT2D eigenvalue weighted by molar-refractivity contribution is 0.244. The van der Waals surface area contributed by atoms with E-state index in [0.29, 0.717) is 0 Å². The third-order valence-electron chi connectivity index (χ3n) is 4.02. The van der Waals surface area contributed by atoms with Crippen molar-refractivity contribution in [2.24, 2.45) is 0 Å². The number of anilines is 1. The second-order valence-corrected chi connectivity index (χ2v) is 6.48. The molecule has 1 saturated heterocycles. The van der Waals surface area contributed by atoms with Crippen molar-refractivity contribution in [1.29, 1.82) is 5.26 Å². The lowest BCUT2D eigenvalue weighted by Gasteiger charge is -2.54. The molecule has 2 heteroatoms. The molecule has 1 aromatic rings. The zero-order chi connectivity index (χ0) is 13.4. The van der Waals surface area contributed by atoms with Crippen molar-refractivity contribution in [2.75, 3.05) is 4.90 Å². The number of piperidine rings is 1. The van der Waals surface area contributed by atoms with Gasteiger partial charge in [-0.2, -0.15) is 5.26 Å². The SMILES string of the molecule is CC1(C)CCCC(C)(C)N1c1cccc(C#N)c1. The number of rotatable bonds is 1. The Morgan fingerprint density at radius 3 is 2.28 bits per heavy atom. The summed E-state index contributed by atoms with van der Waals surface area (Å²) in [5.74, 6) is 0. The third kappa shape index (κ3) is 2.22. The summed E-state index contributed by atoms with van der Waals surface area (Å²) in [5, 5.41) is 9.05. The molecule has 0 bridgehead atoms. The highest BCUT2D eigenvalue weighted by molar-refractivity contribution is 5.55. The Hall–Kier alpha value is -1.49. The molecule has 1 aromatic carbocycles.